The Bertz CT molecular complexity index is 229. The first-order chi connectivity index (χ1) is 7.56. The molecule has 0 saturated carbocycles. The van der Waals surface area contributed by atoms with Gasteiger partial charge in [-0.2, -0.15) is 0 Å². The van der Waals surface area contributed by atoms with E-state index < -0.39 is 12.0 Å². The molecule has 1 amide bonds. The number of nitrogens with one attached hydrogen (secondary N) is 1. The molecule has 6 heteroatoms. The van der Waals surface area contributed by atoms with Gasteiger partial charge in [0.05, 0.1) is 13.2 Å². The van der Waals surface area contributed by atoms with E-state index in [1.54, 1.807) is 4.90 Å². The number of carboxylic acid groups (broad SMARTS) is 1. The van der Waals surface area contributed by atoms with Gasteiger partial charge in [0, 0.05) is 20.2 Å². The molecule has 1 atom stereocenters. The number of likely N-dealkylation sites (N-methyl/N-ethyl adjacent to an activating group) is 1. The zero-order valence-corrected chi connectivity index (χ0v) is 10.0. The molecule has 0 aliphatic carbocycles. The van der Waals surface area contributed by atoms with Gasteiger partial charge < -0.3 is 14.7 Å². The van der Waals surface area contributed by atoms with E-state index in [2.05, 4.69) is 5.32 Å². The summed E-state index contributed by atoms with van der Waals surface area (Å²) in [5.74, 6) is -1.12. The number of nitrogens with zero attached hydrogens (tertiary/aromatic N) is 1. The van der Waals surface area contributed by atoms with Crippen molar-refractivity contribution in [2.24, 2.45) is 0 Å². The van der Waals surface area contributed by atoms with E-state index in [-0.39, 0.29) is 19.1 Å². The van der Waals surface area contributed by atoms with Crippen LogP contribution in [0.5, 0.6) is 0 Å². The molecule has 0 aliphatic heterocycles. The van der Waals surface area contributed by atoms with Gasteiger partial charge in [-0.05, 0) is 13.8 Å². The van der Waals surface area contributed by atoms with Gasteiger partial charge in [-0.3, -0.25) is 14.9 Å². The summed E-state index contributed by atoms with van der Waals surface area (Å²) in [6, 6.07) is -0.843. The smallest absolute Gasteiger partial charge is 0.323 e. The summed E-state index contributed by atoms with van der Waals surface area (Å²) in [5.41, 5.74) is 0. The maximum atomic E-state index is 11.6. The summed E-state index contributed by atoms with van der Waals surface area (Å²) in [7, 11) is 1.42. The number of ether oxygens (including phenoxy) is 1. The molecule has 0 aromatic heterocycles. The lowest BCUT2D eigenvalue weighted by Crippen LogP contribution is -2.46. The number of carboxylic acids is 1. The molecule has 0 radical (unpaired) electrons. The largest absolute Gasteiger partial charge is 0.480 e. The molecule has 2 N–H and O–H groups in total. The molecule has 0 bridgehead atoms. The third-order valence-electron chi connectivity index (χ3n) is 2.25. The van der Waals surface area contributed by atoms with Crippen LogP contribution in [0.3, 0.4) is 0 Å². The van der Waals surface area contributed by atoms with Crippen molar-refractivity contribution in [3.63, 3.8) is 0 Å². The predicted molar refractivity (Wildman–Crippen MR) is 59.2 cm³/mol. The van der Waals surface area contributed by atoms with Crippen molar-refractivity contribution in [1.29, 1.82) is 0 Å². The molecule has 94 valence electrons. The zero-order valence-electron chi connectivity index (χ0n) is 10.0. The molecule has 0 aromatic rings. The zero-order chi connectivity index (χ0) is 12.6. The normalized spacial score (nSPS) is 12.2. The number of amides is 1. The van der Waals surface area contributed by atoms with E-state index in [1.165, 1.54) is 7.11 Å². The molecule has 0 heterocycles. The molecule has 0 aliphatic rings. The molecule has 0 aromatic carbocycles. The molecule has 0 saturated heterocycles. The van der Waals surface area contributed by atoms with Gasteiger partial charge in [0.1, 0.15) is 6.04 Å². The summed E-state index contributed by atoms with van der Waals surface area (Å²) in [6.07, 6.45) is 0. The van der Waals surface area contributed by atoms with Crippen LogP contribution in [0.15, 0.2) is 0 Å². The molecular formula is C10H20N2O4. The first-order valence-corrected chi connectivity index (χ1v) is 5.29. The Morgan fingerprint density at radius 2 is 1.94 bits per heavy atom. The van der Waals surface area contributed by atoms with Crippen LogP contribution in [0, 0.1) is 0 Å². The summed E-state index contributed by atoms with van der Waals surface area (Å²) >= 11 is 0. The van der Waals surface area contributed by atoms with Crippen molar-refractivity contribution in [3.8, 4) is 0 Å². The van der Waals surface area contributed by atoms with Crippen LogP contribution < -0.4 is 5.32 Å². The number of carbonyl (C=O) groups is 2. The fraction of sp³-hybridized carbons (Fsp3) is 0.800. The molecular weight excluding hydrogens is 212 g/mol. The molecule has 6 nitrogen and oxygen atoms in total. The van der Waals surface area contributed by atoms with E-state index in [0.717, 1.165) is 0 Å². The topological polar surface area (TPSA) is 78.9 Å². The van der Waals surface area contributed by atoms with Crippen molar-refractivity contribution in [2.75, 3.05) is 33.4 Å². The minimum Gasteiger partial charge on any atom is -0.480 e. The number of hydrogen-bond donors (Lipinski definition) is 2. The van der Waals surface area contributed by atoms with Crippen LogP contribution in [0.1, 0.15) is 13.8 Å². The van der Waals surface area contributed by atoms with Gasteiger partial charge in [-0.25, -0.2) is 0 Å². The maximum absolute atomic E-state index is 11.6. The van der Waals surface area contributed by atoms with Gasteiger partial charge in [0.2, 0.25) is 5.91 Å². The van der Waals surface area contributed by atoms with Crippen LogP contribution >= 0.6 is 0 Å². The van der Waals surface area contributed by atoms with Crippen molar-refractivity contribution < 1.29 is 19.4 Å². The van der Waals surface area contributed by atoms with Gasteiger partial charge >= 0.3 is 5.97 Å². The van der Waals surface area contributed by atoms with Gasteiger partial charge in [0.15, 0.2) is 0 Å². The van der Waals surface area contributed by atoms with Crippen molar-refractivity contribution in [2.45, 2.75) is 19.9 Å². The monoisotopic (exact) mass is 232 g/mol. The predicted octanol–water partition coefficient (Wildman–Crippen LogP) is -0.456. The van der Waals surface area contributed by atoms with E-state index >= 15 is 0 Å². The summed E-state index contributed by atoms with van der Waals surface area (Å²) in [6.45, 7) is 5.07. The molecule has 0 rings (SSSR count). The number of rotatable bonds is 8. The molecule has 1 unspecified atom stereocenters. The number of aliphatic carboxylic acids is 1. The van der Waals surface area contributed by atoms with Gasteiger partial charge in [-0.1, -0.05) is 0 Å². The summed E-state index contributed by atoms with van der Waals surface area (Å²) in [4.78, 5) is 23.9. The minimum atomic E-state index is -1.02. The Hall–Kier alpha value is -1.14. The average molecular weight is 232 g/mol. The van der Waals surface area contributed by atoms with Crippen molar-refractivity contribution >= 4 is 11.9 Å². The average Bonchev–Trinajstić information content (AvgIpc) is 2.25. The van der Waals surface area contributed by atoms with Crippen molar-refractivity contribution in [1.82, 2.24) is 10.2 Å². The highest BCUT2D eigenvalue weighted by molar-refractivity contribution is 5.80. The van der Waals surface area contributed by atoms with Crippen LogP contribution in [-0.2, 0) is 14.3 Å². The standard InChI is InChI=1S/C10H20N2O4/c1-4-12(5-2)9(13)6-11-8(7-16-3)10(14)15/h8,11H,4-7H2,1-3H3,(H,14,15). The van der Waals surface area contributed by atoms with E-state index in [9.17, 15) is 9.59 Å². The molecule has 0 spiro atoms. The quantitative estimate of drug-likeness (QED) is 0.592. The van der Waals surface area contributed by atoms with E-state index in [1.807, 2.05) is 13.8 Å². The van der Waals surface area contributed by atoms with E-state index in [0.29, 0.717) is 13.1 Å². The van der Waals surface area contributed by atoms with Gasteiger partial charge in [0.25, 0.3) is 0 Å². The minimum absolute atomic E-state index is 0.0159. The highest BCUT2D eigenvalue weighted by Gasteiger charge is 2.18. The Morgan fingerprint density at radius 1 is 1.38 bits per heavy atom. The second kappa shape index (κ2) is 8.06. The maximum Gasteiger partial charge on any atom is 0.323 e. The number of methoxy groups -OCH3 is 1. The van der Waals surface area contributed by atoms with Gasteiger partial charge in [-0.15, -0.1) is 0 Å². The third kappa shape index (κ3) is 5.09. The lowest BCUT2D eigenvalue weighted by molar-refractivity contribution is -0.141. The number of carbonyl (C=O) groups excluding carboxylic acids is 1. The van der Waals surface area contributed by atoms with Crippen LogP contribution in [0.25, 0.3) is 0 Å². The fourth-order valence-electron chi connectivity index (χ4n) is 1.28. The Kier molecular flexibility index (Phi) is 7.49. The summed E-state index contributed by atoms with van der Waals surface area (Å²) < 4.78 is 4.74. The SMILES string of the molecule is CCN(CC)C(=O)CNC(COC)C(=O)O. The lowest BCUT2D eigenvalue weighted by Gasteiger charge is -2.20. The van der Waals surface area contributed by atoms with Crippen molar-refractivity contribution in [3.05, 3.63) is 0 Å². The van der Waals surface area contributed by atoms with Crippen LogP contribution in [-0.4, -0.2) is 61.3 Å². The first kappa shape index (κ1) is 14.9. The second-order valence-corrected chi connectivity index (χ2v) is 3.29. The summed E-state index contributed by atoms with van der Waals surface area (Å²) in [5, 5.41) is 11.5. The number of hydrogen-bond acceptors (Lipinski definition) is 4. The Labute approximate surface area is 95.6 Å². The Morgan fingerprint density at radius 3 is 2.31 bits per heavy atom. The molecule has 0 fully saturated rings. The van der Waals surface area contributed by atoms with E-state index in [4.69, 9.17) is 9.84 Å². The highest BCUT2D eigenvalue weighted by Crippen LogP contribution is 1.90. The van der Waals surface area contributed by atoms with Crippen LogP contribution in [0.2, 0.25) is 0 Å². The molecule has 16 heavy (non-hydrogen) atoms. The van der Waals surface area contributed by atoms with Crippen LogP contribution in [0.4, 0.5) is 0 Å². The fourth-order valence-corrected chi connectivity index (χ4v) is 1.28. The highest BCUT2D eigenvalue weighted by atomic mass is 16.5. The first-order valence-electron chi connectivity index (χ1n) is 5.29. The Balaban J connectivity index is 4.09. The third-order valence-corrected chi connectivity index (χ3v) is 2.25. The lowest BCUT2D eigenvalue weighted by atomic mass is 10.3. The second-order valence-electron chi connectivity index (χ2n) is 3.29.